The monoisotopic (exact) mass is 537 g/mol. The van der Waals surface area contributed by atoms with Crippen LogP contribution in [0.4, 0.5) is 0 Å². The second-order valence-corrected chi connectivity index (χ2v) is 12.6. The van der Waals surface area contributed by atoms with Crippen LogP contribution in [0, 0.1) is 5.92 Å². The molecule has 4 heteroatoms. The summed E-state index contributed by atoms with van der Waals surface area (Å²) in [6.45, 7) is 10.7. The fourth-order valence-electron chi connectivity index (χ4n) is 6.13. The summed E-state index contributed by atoms with van der Waals surface area (Å²) in [5.41, 5.74) is 9.00. The highest BCUT2D eigenvalue weighted by atomic mass is 16.7. The molecule has 7 rings (SSSR count). The van der Waals surface area contributed by atoms with Crippen molar-refractivity contribution in [2.24, 2.45) is 5.92 Å². The van der Waals surface area contributed by atoms with Crippen molar-refractivity contribution in [2.45, 2.75) is 52.2 Å². The molecule has 5 aromatic rings. The highest BCUT2D eigenvalue weighted by Crippen LogP contribution is 2.39. The maximum Gasteiger partial charge on any atom is 0.494 e. The molecule has 0 N–H and O–H groups in total. The van der Waals surface area contributed by atoms with Gasteiger partial charge in [-0.2, -0.15) is 0 Å². The van der Waals surface area contributed by atoms with Gasteiger partial charge in [0.2, 0.25) is 0 Å². The highest BCUT2D eigenvalue weighted by molar-refractivity contribution is 6.62. The molecule has 204 valence electrons. The van der Waals surface area contributed by atoms with Gasteiger partial charge in [-0.25, -0.2) is 0 Å². The van der Waals surface area contributed by atoms with Gasteiger partial charge in [-0.15, -0.1) is 0 Å². The highest BCUT2D eigenvalue weighted by Gasteiger charge is 2.51. The van der Waals surface area contributed by atoms with Crippen molar-refractivity contribution in [3.05, 3.63) is 115 Å². The van der Waals surface area contributed by atoms with E-state index in [1.54, 1.807) is 0 Å². The number of aromatic nitrogens is 1. The minimum absolute atomic E-state index is 0.362. The first kappa shape index (κ1) is 26.1. The molecule has 1 aliphatic heterocycles. The Kier molecular flexibility index (Phi) is 6.11. The summed E-state index contributed by atoms with van der Waals surface area (Å²) < 4.78 is 15.0. The minimum Gasteiger partial charge on any atom is -0.399 e. The smallest absolute Gasteiger partial charge is 0.399 e. The van der Waals surface area contributed by atoms with E-state index < -0.39 is 0 Å². The number of hydrogen-bond donors (Lipinski definition) is 0. The van der Waals surface area contributed by atoms with Gasteiger partial charge in [0.05, 0.1) is 22.2 Å². The van der Waals surface area contributed by atoms with Crippen LogP contribution in [0.15, 0.2) is 109 Å². The lowest BCUT2D eigenvalue weighted by Crippen LogP contribution is -2.41. The minimum atomic E-state index is -0.372. The first-order valence-electron chi connectivity index (χ1n) is 14.7. The van der Waals surface area contributed by atoms with E-state index in [1.165, 1.54) is 44.1 Å². The van der Waals surface area contributed by atoms with Crippen LogP contribution in [0.25, 0.3) is 44.2 Å². The third-order valence-corrected chi connectivity index (χ3v) is 9.20. The van der Waals surface area contributed by atoms with Crippen LogP contribution in [-0.2, 0) is 9.31 Å². The van der Waals surface area contributed by atoms with Crippen LogP contribution in [0.5, 0.6) is 0 Å². The molecule has 0 radical (unpaired) electrons. The molecule has 4 aromatic carbocycles. The van der Waals surface area contributed by atoms with E-state index in [1.807, 2.05) is 0 Å². The third kappa shape index (κ3) is 4.47. The Balaban J connectivity index is 1.36. The van der Waals surface area contributed by atoms with Crippen LogP contribution in [-0.4, -0.2) is 22.9 Å². The zero-order chi connectivity index (χ0) is 28.4. The summed E-state index contributed by atoms with van der Waals surface area (Å²) in [6, 6.07) is 33.1. The van der Waals surface area contributed by atoms with Crippen LogP contribution < -0.4 is 5.46 Å². The topological polar surface area (TPSA) is 23.4 Å². The number of allylic oxidation sites excluding steroid dienone is 4. The number of rotatable bonds is 4. The number of fused-ring (bicyclic) bond motifs is 3. The summed E-state index contributed by atoms with van der Waals surface area (Å²) in [5.74, 6) is 0.555. The average molecular weight is 538 g/mol. The van der Waals surface area contributed by atoms with Gasteiger partial charge in [-0.05, 0) is 104 Å². The normalized spacial score (nSPS) is 19.7. The first-order valence-corrected chi connectivity index (χ1v) is 14.7. The molecule has 1 aliphatic carbocycles. The molecule has 41 heavy (non-hydrogen) atoms. The SMILES string of the molecule is CC1C=CC=C(c2ccc3c(c2)c2cc(-c4ccccc4)ccc2n3-c2ccc(B3OC(C)(C)C(C)(C)O3)cc2)C1. The second-order valence-electron chi connectivity index (χ2n) is 12.6. The Morgan fingerprint density at radius 1 is 0.707 bits per heavy atom. The van der Waals surface area contributed by atoms with Gasteiger partial charge in [-0.1, -0.05) is 79.7 Å². The Bertz CT molecular complexity index is 1810. The maximum absolute atomic E-state index is 6.32. The second kappa shape index (κ2) is 9.61. The van der Waals surface area contributed by atoms with Gasteiger partial charge >= 0.3 is 7.12 Å². The molecule has 0 saturated carbocycles. The number of nitrogens with zero attached hydrogens (tertiary/aromatic N) is 1. The largest absolute Gasteiger partial charge is 0.494 e. The maximum atomic E-state index is 6.32. The molecular formula is C37H36BNO2. The quantitative estimate of drug-likeness (QED) is 0.214. The average Bonchev–Trinajstić information content (AvgIpc) is 3.41. The van der Waals surface area contributed by atoms with Crippen molar-refractivity contribution >= 4 is 40.0 Å². The molecule has 0 spiro atoms. The third-order valence-electron chi connectivity index (χ3n) is 9.20. The van der Waals surface area contributed by atoms with Crippen LogP contribution in [0.1, 0.15) is 46.6 Å². The van der Waals surface area contributed by atoms with Crippen molar-refractivity contribution in [2.75, 3.05) is 0 Å². The predicted octanol–water partition coefficient (Wildman–Crippen LogP) is 8.73. The van der Waals surface area contributed by atoms with E-state index >= 15 is 0 Å². The summed E-state index contributed by atoms with van der Waals surface area (Å²) >= 11 is 0. The summed E-state index contributed by atoms with van der Waals surface area (Å²) in [6.07, 6.45) is 7.82. The predicted molar refractivity (Wildman–Crippen MR) is 173 cm³/mol. The molecule has 2 heterocycles. The molecule has 1 unspecified atom stereocenters. The van der Waals surface area contributed by atoms with E-state index in [2.05, 4.69) is 148 Å². The standard InChI is InChI=1S/C37H36BNO2/c1-25-10-9-13-27(22-25)29-15-21-35-33(24-29)32-23-28(26-11-7-6-8-12-26)14-20-34(32)39(35)31-18-16-30(17-19-31)38-40-36(2,3)37(4,5)41-38/h6-21,23-25H,22H2,1-5H3. The molecule has 1 fully saturated rings. The van der Waals surface area contributed by atoms with Crippen molar-refractivity contribution < 1.29 is 9.31 Å². The van der Waals surface area contributed by atoms with E-state index in [4.69, 9.17) is 9.31 Å². The zero-order valence-electron chi connectivity index (χ0n) is 24.5. The van der Waals surface area contributed by atoms with Gasteiger partial charge < -0.3 is 13.9 Å². The van der Waals surface area contributed by atoms with E-state index in [-0.39, 0.29) is 18.3 Å². The molecule has 0 bridgehead atoms. The zero-order valence-corrected chi connectivity index (χ0v) is 24.5. The van der Waals surface area contributed by atoms with Gasteiger partial charge in [0.25, 0.3) is 0 Å². The Labute approximate surface area is 243 Å². The summed E-state index contributed by atoms with van der Waals surface area (Å²) in [7, 11) is -0.372. The fraction of sp³-hybridized carbons (Fsp3) is 0.243. The van der Waals surface area contributed by atoms with E-state index in [9.17, 15) is 0 Å². The van der Waals surface area contributed by atoms with Crippen molar-refractivity contribution in [3.8, 4) is 16.8 Å². The Hall–Kier alpha value is -3.86. The molecule has 1 atom stereocenters. The van der Waals surface area contributed by atoms with Crippen LogP contribution in [0.3, 0.4) is 0 Å². The van der Waals surface area contributed by atoms with Crippen molar-refractivity contribution in [1.82, 2.24) is 4.57 Å². The van der Waals surface area contributed by atoms with Gasteiger partial charge in [0.1, 0.15) is 0 Å². The number of benzene rings is 4. The summed E-state index contributed by atoms with van der Waals surface area (Å²) in [4.78, 5) is 0. The molecule has 1 aromatic heterocycles. The van der Waals surface area contributed by atoms with Gasteiger partial charge in [0, 0.05) is 16.5 Å². The van der Waals surface area contributed by atoms with Crippen molar-refractivity contribution in [1.29, 1.82) is 0 Å². The molecule has 1 saturated heterocycles. The lowest BCUT2D eigenvalue weighted by Gasteiger charge is -2.32. The molecule has 0 amide bonds. The Morgan fingerprint density at radius 3 is 1.95 bits per heavy atom. The van der Waals surface area contributed by atoms with E-state index in [0.717, 1.165) is 17.6 Å². The van der Waals surface area contributed by atoms with Gasteiger partial charge in [-0.3, -0.25) is 0 Å². The number of hydrogen-bond acceptors (Lipinski definition) is 2. The van der Waals surface area contributed by atoms with Crippen LogP contribution >= 0.6 is 0 Å². The summed E-state index contributed by atoms with van der Waals surface area (Å²) in [5, 5.41) is 2.53. The molecular weight excluding hydrogens is 501 g/mol. The first-order chi connectivity index (χ1) is 19.7. The van der Waals surface area contributed by atoms with Gasteiger partial charge in [0.15, 0.2) is 0 Å². The fourth-order valence-corrected chi connectivity index (χ4v) is 6.13. The lowest BCUT2D eigenvalue weighted by molar-refractivity contribution is 0.00578. The molecule has 3 nitrogen and oxygen atoms in total. The lowest BCUT2D eigenvalue weighted by atomic mass is 9.79. The molecule has 2 aliphatic rings. The van der Waals surface area contributed by atoms with E-state index in [0.29, 0.717) is 5.92 Å². The van der Waals surface area contributed by atoms with Crippen molar-refractivity contribution in [3.63, 3.8) is 0 Å². The Morgan fingerprint density at radius 2 is 1.32 bits per heavy atom. The van der Waals surface area contributed by atoms with Crippen LogP contribution in [0.2, 0.25) is 0 Å².